The van der Waals surface area contributed by atoms with Gasteiger partial charge in [-0.05, 0) is 68.4 Å². The maximum absolute atomic E-state index is 13.6. The fourth-order valence-corrected chi connectivity index (χ4v) is 5.56. The highest BCUT2D eigenvalue weighted by Crippen LogP contribution is 2.50. The first-order chi connectivity index (χ1) is 14.0. The van der Waals surface area contributed by atoms with Crippen LogP contribution < -0.4 is 4.74 Å². The number of allylic oxidation sites excluding steroid dienone is 2. The molecule has 0 aromatic heterocycles. The predicted octanol–water partition coefficient (Wildman–Crippen LogP) is 7.24. The third-order valence-corrected chi connectivity index (χ3v) is 7.73. The van der Waals surface area contributed by atoms with Crippen molar-refractivity contribution in [1.29, 1.82) is 0 Å². The zero-order chi connectivity index (χ0) is 23.1. The number of carbonyl (C=O) groups excluding carboxylic acids is 1. The van der Waals surface area contributed by atoms with Crippen LogP contribution in [0.25, 0.3) is 0 Å². The van der Waals surface area contributed by atoms with Crippen LogP contribution in [0.4, 0.5) is 0 Å². The molecule has 0 saturated heterocycles. The molecule has 1 aromatic carbocycles. The monoisotopic (exact) mass is 420 g/mol. The van der Waals surface area contributed by atoms with Gasteiger partial charge in [-0.25, -0.2) is 0 Å². The molecule has 2 heteroatoms. The van der Waals surface area contributed by atoms with Crippen molar-refractivity contribution in [3.8, 4) is 5.75 Å². The molecule has 1 aromatic rings. The first-order valence-electron chi connectivity index (χ1n) is 11.9. The molecule has 4 rings (SSSR count). The summed E-state index contributed by atoms with van der Waals surface area (Å²) in [6, 6.07) is 4.66. The van der Waals surface area contributed by atoms with Crippen molar-refractivity contribution >= 4 is 5.78 Å². The Labute approximate surface area is 189 Å². The Morgan fingerprint density at radius 1 is 0.871 bits per heavy atom. The van der Waals surface area contributed by atoms with Gasteiger partial charge in [-0.1, -0.05) is 81.4 Å². The summed E-state index contributed by atoms with van der Waals surface area (Å²) in [6.07, 6.45) is 4.86. The Morgan fingerprint density at radius 3 is 1.94 bits per heavy atom. The van der Waals surface area contributed by atoms with Gasteiger partial charge in [0.2, 0.25) is 5.78 Å². The zero-order valence-electron chi connectivity index (χ0n) is 21.2. The van der Waals surface area contributed by atoms with Crippen molar-refractivity contribution in [2.75, 3.05) is 0 Å². The third-order valence-electron chi connectivity index (χ3n) is 7.73. The van der Waals surface area contributed by atoms with E-state index >= 15 is 0 Å². The van der Waals surface area contributed by atoms with E-state index in [0.717, 1.165) is 23.3 Å². The number of ether oxygens (including phenoxy) is 1. The number of fused-ring (bicyclic) bond motifs is 3. The van der Waals surface area contributed by atoms with E-state index in [-0.39, 0.29) is 27.4 Å². The molecule has 0 spiro atoms. The first-order valence-corrected chi connectivity index (χ1v) is 11.9. The molecule has 0 radical (unpaired) electrons. The first kappa shape index (κ1) is 22.4. The molecule has 1 atom stereocenters. The third kappa shape index (κ3) is 3.60. The van der Waals surface area contributed by atoms with Gasteiger partial charge in [-0.3, -0.25) is 4.79 Å². The van der Waals surface area contributed by atoms with Crippen LogP contribution in [0.2, 0.25) is 0 Å². The summed E-state index contributed by atoms with van der Waals surface area (Å²) in [7, 11) is 0. The molecule has 0 bridgehead atoms. The van der Waals surface area contributed by atoms with E-state index in [2.05, 4.69) is 87.4 Å². The van der Waals surface area contributed by atoms with Gasteiger partial charge in [0, 0.05) is 12.0 Å². The smallest absolute Gasteiger partial charge is 0.204 e. The minimum absolute atomic E-state index is 0.0406. The van der Waals surface area contributed by atoms with E-state index < -0.39 is 6.10 Å². The van der Waals surface area contributed by atoms with Gasteiger partial charge in [-0.2, -0.15) is 0 Å². The van der Waals surface area contributed by atoms with Crippen molar-refractivity contribution in [1.82, 2.24) is 0 Å². The molecule has 1 heterocycles. The second-order valence-corrected chi connectivity index (χ2v) is 13.3. The lowest BCUT2D eigenvalue weighted by molar-refractivity contribution is -0.122. The summed E-state index contributed by atoms with van der Waals surface area (Å²) in [5, 5.41) is 0. The van der Waals surface area contributed by atoms with E-state index in [4.69, 9.17) is 4.74 Å². The second-order valence-electron chi connectivity index (χ2n) is 13.3. The number of benzene rings is 1. The highest BCUT2D eigenvalue weighted by Gasteiger charge is 2.44. The van der Waals surface area contributed by atoms with Crippen LogP contribution in [-0.4, -0.2) is 11.9 Å². The Bertz CT molecular complexity index is 1020. The average Bonchev–Trinajstić information content (AvgIpc) is 2.61. The fraction of sp³-hybridized carbons (Fsp3) is 0.621. The topological polar surface area (TPSA) is 26.3 Å². The SMILES string of the molecule is CC(C)(C)C1=CC(C(C)(C)C)=C2Cc3cc4c(cc3OC2C1=O)C(C)(C)CCC4(C)C. The lowest BCUT2D eigenvalue weighted by atomic mass is 9.62. The second kappa shape index (κ2) is 6.59. The lowest BCUT2D eigenvalue weighted by Crippen LogP contribution is -2.42. The van der Waals surface area contributed by atoms with Crippen molar-refractivity contribution in [2.24, 2.45) is 10.8 Å². The number of hydrogen-bond acceptors (Lipinski definition) is 2. The van der Waals surface area contributed by atoms with Crippen LogP contribution in [0.15, 0.2) is 34.9 Å². The average molecular weight is 421 g/mol. The molecule has 2 aliphatic carbocycles. The molecule has 0 fully saturated rings. The molecular formula is C29H40O2. The molecule has 1 aliphatic heterocycles. The Kier molecular flexibility index (Phi) is 4.76. The Hall–Kier alpha value is -1.83. The largest absolute Gasteiger partial charge is 0.478 e. The maximum atomic E-state index is 13.6. The van der Waals surface area contributed by atoms with Gasteiger partial charge >= 0.3 is 0 Å². The highest BCUT2D eigenvalue weighted by atomic mass is 16.5. The van der Waals surface area contributed by atoms with Crippen LogP contribution in [0.5, 0.6) is 5.75 Å². The molecule has 168 valence electrons. The summed E-state index contributed by atoms with van der Waals surface area (Å²) in [6.45, 7) is 22.5. The summed E-state index contributed by atoms with van der Waals surface area (Å²) in [4.78, 5) is 13.6. The van der Waals surface area contributed by atoms with Gasteiger partial charge in [0.25, 0.3) is 0 Å². The summed E-state index contributed by atoms with van der Waals surface area (Å²) >= 11 is 0. The quantitative estimate of drug-likeness (QED) is 0.442. The number of Topliss-reactive ketones (excluding diaryl/α,β-unsaturated/α-hetero) is 1. The highest BCUT2D eigenvalue weighted by molar-refractivity contribution is 6.04. The number of ketones is 1. The van der Waals surface area contributed by atoms with E-state index in [0.29, 0.717) is 0 Å². The summed E-state index contributed by atoms with van der Waals surface area (Å²) < 4.78 is 6.58. The molecule has 0 N–H and O–H groups in total. The fourth-order valence-electron chi connectivity index (χ4n) is 5.56. The Morgan fingerprint density at radius 2 is 1.42 bits per heavy atom. The molecule has 0 amide bonds. The van der Waals surface area contributed by atoms with Crippen molar-refractivity contribution in [2.45, 2.75) is 105 Å². The molecule has 31 heavy (non-hydrogen) atoms. The number of hydrogen-bond donors (Lipinski definition) is 0. The molecule has 3 aliphatic rings. The molecule has 1 unspecified atom stereocenters. The Balaban J connectivity index is 1.91. The van der Waals surface area contributed by atoms with Crippen LogP contribution in [0, 0.1) is 10.8 Å². The predicted molar refractivity (Wildman–Crippen MR) is 129 cm³/mol. The van der Waals surface area contributed by atoms with Crippen LogP contribution >= 0.6 is 0 Å². The van der Waals surface area contributed by atoms with Crippen LogP contribution in [0.3, 0.4) is 0 Å². The zero-order valence-corrected chi connectivity index (χ0v) is 21.2. The normalized spacial score (nSPS) is 24.6. The van der Waals surface area contributed by atoms with Crippen molar-refractivity contribution in [3.05, 3.63) is 51.6 Å². The van der Waals surface area contributed by atoms with Crippen LogP contribution in [0.1, 0.15) is 98.8 Å². The van der Waals surface area contributed by atoms with E-state index in [9.17, 15) is 4.79 Å². The standard InChI is InChI=1S/C29H40O2/c1-26(2,3)19-15-22(27(4,5)6)24(30)25-18(19)13-17-14-20-21(16-23(17)31-25)29(9,10)12-11-28(20,7)8/h14-16,25H,11-13H2,1-10H3. The summed E-state index contributed by atoms with van der Waals surface area (Å²) in [5.74, 6) is 1.05. The van der Waals surface area contributed by atoms with E-state index in [1.165, 1.54) is 35.1 Å². The lowest BCUT2D eigenvalue weighted by Gasteiger charge is -2.44. The number of rotatable bonds is 0. The minimum Gasteiger partial charge on any atom is -0.478 e. The van der Waals surface area contributed by atoms with Gasteiger partial charge in [0.15, 0.2) is 6.10 Å². The number of carbonyl (C=O) groups is 1. The van der Waals surface area contributed by atoms with E-state index in [1.807, 2.05) is 0 Å². The molecular weight excluding hydrogens is 380 g/mol. The maximum Gasteiger partial charge on any atom is 0.204 e. The molecule has 2 nitrogen and oxygen atoms in total. The minimum atomic E-state index is -0.487. The van der Waals surface area contributed by atoms with Gasteiger partial charge in [0.05, 0.1) is 0 Å². The molecule has 0 saturated carbocycles. The van der Waals surface area contributed by atoms with Crippen molar-refractivity contribution in [3.63, 3.8) is 0 Å². The van der Waals surface area contributed by atoms with Gasteiger partial charge < -0.3 is 4.74 Å². The van der Waals surface area contributed by atoms with Crippen LogP contribution in [-0.2, 0) is 22.0 Å². The van der Waals surface area contributed by atoms with Gasteiger partial charge in [-0.15, -0.1) is 0 Å². The van der Waals surface area contributed by atoms with Gasteiger partial charge in [0.1, 0.15) is 5.75 Å². The summed E-state index contributed by atoms with van der Waals surface area (Å²) in [5.41, 5.74) is 7.44. The van der Waals surface area contributed by atoms with E-state index in [1.54, 1.807) is 0 Å². The van der Waals surface area contributed by atoms with Crippen molar-refractivity contribution < 1.29 is 9.53 Å².